The molecule has 0 aromatic carbocycles. The number of hydrogen-bond acceptors (Lipinski definition) is 4. The van der Waals surface area contributed by atoms with E-state index in [4.69, 9.17) is 14.2 Å². The van der Waals surface area contributed by atoms with E-state index < -0.39 is 0 Å². The zero-order valence-electron chi connectivity index (χ0n) is 11.8. The number of nitrogens with one attached hydrogen (secondary N) is 1. The van der Waals surface area contributed by atoms with E-state index in [1.807, 2.05) is 0 Å². The highest BCUT2D eigenvalue weighted by molar-refractivity contribution is 4.63. The fraction of sp³-hybridized carbons (Fsp3) is 1.00. The Morgan fingerprint density at radius 3 is 2.47 bits per heavy atom. The smallest absolute Gasteiger partial charge is 0.0704 e. The van der Waals surface area contributed by atoms with Crippen LogP contribution in [0.15, 0.2) is 0 Å². The van der Waals surface area contributed by atoms with E-state index in [1.54, 1.807) is 7.11 Å². The molecule has 0 bridgehead atoms. The van der Waals surface area contributed by atoms with E-state index in [0.717, 1.165) is 32.6 Å². The van der Waals surface area contributed by atoms with Gasteiger partial charge in [-0.25, -0.2) is 0 Å². The molecule has 0 fully saturated rings. The molecular formula is C13H29NO3. The molecule has 0 aliphatic carbocycles. The highest BCUT2D eigenvalue weighted by Gasteiger charge is 2.07. The second-order valence-electron chi connectivity index (χ2n) is 4.33. The molecule has 104 valence electrons. The summed E-state index contributed by atoms with van der Waals surface area (Å²) in [6, 6.07) is 0.512. The predicted molar refractivity (Wildman–Crippen MR) is 70.5 cm³/mol. The first-order valence-corrected chi connectivity index (χ1v) is 6.62. The van der Waals surface area contributed by atoms with Crippen molar-refractivity contribution in [2.24, 2.45) is 0 Å². The summed E-state index contributed by atoms with van der Waals surface area (Å²) in [5, 5.41) is 3.38. The van der Waals surface area contributed by atoms with Gasteiger partial charge in [0, 0.05) is 26.4 Å². The fourth-order valence-electron chi connectivity index (χ4n) is 1.71. The first kappa shape index (κ1) is 16.8. The van der Waals surface area contributed by atoms with Crippen LogP contribution in [-0.2, 0) is 14.2 Å². The third-order valence-electron chi connectivity index (χ3n) is 2.51. The van der Waals surface area contributed by atoms with Gasteiger partial charge in [-0.1, -0.05) is 6.92 Å². The summed E-state index contributed by atoms with van der Waals surface area (Å²) in [5.74, 6) is 0. The van der Waals surface area contributed by atoms with Gasteiger partial charge < -0.3 is 19.5 Å². The number of hydrogen-bond donors (Lipinski definition) is 1. The van der Waals surface area contributed by atoms with Crippen molar-refractivity contribution >= 4 is 0 Å². The molecule has 0 aliphatic rings. The zero-order chi connectivity index (χ0) is 12.9. The SMILES string of the molecule is CCNC(C)CC(C)OCCOCCCOC. The van der Waals surface area contributed by atoms with Crippen LogP contribution < -0.4 is 5.32 Å². The highest BCUT2D eigenvalue weighted by atomic mass is 16.5. The van der Waals surface area contributed by atoms with Gasteiger partial charge in [0.2, 0.25) is 0 Å². The van der Waals surface area contributed by atoms with Crippen molar-refractivity contribution in [1.29, 1.82) is 0 Å². The van der Waals surface area contributed by atoms with Crippen LogP contribution in [-0.4, -0.2) is 52.2 Å². The Kier molecular flexibility index (Phi) is 12.2. The monoisotopic (exact) mass is 247 g/mol. The maximum absolute atomic E-state index is 5.67. The zero-order valence-corrected chi connectivity index (χ0v) is 11.8. The molecule has 4 heteroatoms. The fourth-order valence-corrected chi connectivity index (χ4v) is 1.71. The molecule has 2 unspecified atom stereocenters. The summed E-state index contributed by atoms with van der Waals surface area (Å²) in [6.45, 7) is 10.3. The molecule has 0 aromatic heterocycles. The van der Waals surface area contributed by atoms with Gasteiger partial charge in [-0.15, -0.1) is 0 Å². The number of methoxy groups -OCH3 is 1. The van der Waals surface area contributed by atoms with Crippen LogP contribution in [0.25, 0.3) is 0 Å². The largest absolute Gasteiger partial charge is 0.385 e. The van der Waals surface area contributed by atoms with Crippen molar-refractivity contribution in [2.45, 2.75) is 45.8 Å². The molecule has 0 aromatic rings. The minimum absolute atomic E-state index is 0.284. The van der Waals surface area contributed by atoms with E-state index in [1.165, 1.54) is 0 Å². The standard InChI is InChI=1S/C13H29NO3/c1-5-14-12(2)11-13(3)17-10-9-16-8-6-7-15-4/h12-14H,5-11H2,1-4H3. The van der Waals surface area contributed by atoms with Crippen LogP contribution in [0.1, 0.15) is 33.6 Å². The van der Waals surface area contributed by atoms with E-state index in [-0.39, 0.29) is 6.10 Å². The van der Waals surface area contributed by atoms with E-state index >= 15 is 0 Å². The lowest BCUT2D eigenvalue weighted by Gasteiger charge is -2.18. The van der Waals surface area contributed by atoms with Crippen LogP contribution in [0.4, 0.5) is 0 Å². The van der Waals surface area contributed by atoms with Crippen LogP contribution in [0.5, 0.6) is 0 Å². The molecule has 0 saturated carbocycles. The lowest BCUT2D eigenvalue weighted by Crippen LogP contribution is -2.30. The average Bonchev–Trinajstić information content (AvgIpc) is 2.28. The van der Waals surface area contributed by atoms with Crippen LogP contribution in [0, 0.1) is 0 Å². The molecule has 0 spiro atoms. The van der Waals surface area contributed by atoms with Gasteiger partial charge in [0.1, 0.15) is 0 Å². The maximum Gasteiger partial charge on any atom is 0.0704 e. The van der Waals surface area contributed by atoms with Crippen molar-refractivity contribution in [3.8, 4) is 0 Å². The Morgan fingerprint density at radius 2 is 1.82 bits per heavy atom. The Balaban J connectivity index is 3.24. The summed E-state index contributed by atoms with van der Waals surface area (Å²) in [4.78, 5) is 0. The van der Waals surface area contributed by atoms with Crippen molar-refractivity contribution in [1.82, 2.24) is 5.32 Å². The van der Waals surface area contributed by atoms with Crippen molar-refractivity contribution in [3.63, 3.8) is 0 Å². The Morgan fingerprint density at radius 1 is 1.06 bits per heavy atom. The molecule has 1 N–H and O–H groups in total. The molecule has 0 amide bonds. The second kappa shape index (κ2) is 12.3. The van der Waals surface area contributed by atoms with Crippen molar-refractivity contribution < 1.29 is 14.2 Å². The minimum atomic E-state index is 0.284. The topological polar surface area (TPSA) is 39.7 Å². The minimum Gasteiger partial charge on any atom is -0.385 e. The summed E-state index contributed by atoms with van der Waals surface area (Å²) in [5.41, 5.74) is 0. The van der Waals surface area contributed by atoms with Crippen molar-refractivity contribution in [2.75, 3.05) is 40.1 Å². The molecule has 0 aliphatic heterocycles. The van der Waals surface area contributed by atoms with Crippen LogP contribution >= 0.6 is 0 Å². The third kappa shape index (κ3) is 12.1. The van der Waals surface area contributed by atoms with Gasteiger partial charge in [-0.3, -0.25) is 0 Å². The summed E-state index contributed by atoms with van der Waals surface area (Å²) in [6.07, 6.45) is 2.27. The van der Waals surface area contributed by atoms with Gasteiger partial charge in [0.25, 0.3) is 0 Å². The number of rotatable bonds is 12. The average molecular weight is 247 g/mol. The Hall–Kier alpha value is -0.160. The molecule has 2 atom stereocenters. The van der Waals surface area contributed by atoms with Gasteiger partial charge in [-0.2, -0.15) is 0 Å². The molecular weight excluding hydrogens is 218 g/mol. The third-order valence-corrected chi connectivity index (χ3v) is 2.51. The lowest BCUT2D eigenvalue weighted by atomic mass is 10.1. The van der Waals surface area contributed by atoms with Crippen LogP contribution in [0.2, 0.25) is 0 Å². The molecule has 0 radical (unpaired) electrons. The first-order valence-electron chi connectivity index (χ1n) is 6.62. The summed E-state index contributed by atoms with van der Waals surface area (Å²) < 4.78 is 16.0. The Labute approximate surface area is 106 Å². The Bertz CT molecular complexity index is 156. The quantitative estimate of drug-likeness (QED) is 0.534. The molecule has 17 heavy (non-hydrogen) atoms. The van der Waals surface area contributed by atoms with Gasteiger partial charge in [-0.05, 0) is 33.2 Å². The van der Waals surface area contributed by atoms with Gasteiger partial charge in [0.15, 0.2) is 0 Å². The van der Waals surface area contributed by atoms with Crippen LogP contribution in [0.3, 0.4) is 0 Å². The van der Waals surface area contributed by atoms with Gasteiger partial charge >= 0.3 is 0 Å². The highest BCUT2D eigenvalue weighted by Crippen LogP contribution is 2.01. The molecule has 4 nitrogen and oxygen atoms in total. The molecule has 0 saturated heterocycles. The summed E-state index contributed by atoms with van der Waals surface area (Å²) >= 11 is 0. The van der Waals surface area contributed by atoms with Crippen molar-refractivity contribution in [3.05, 3.63) is 0 Å². The normalized spacial score (nSPS) is 14.8. The van der Waals surface area contributed by atoms with E-state index in [2.05, 4.69) is 26.1 Å². The second-order valence-corrected chi connectivity index (χ2v) is 4.33. The summed E-state index contributed by atoms with van der Waals surface area (Å²) in [7, 11) is 1.70. The molecule has 0 rings (SSSR count). The molecule has 0 heterocycles. The van der Waals surface area contributed by atoms with E-state index in [9.17, 15) is 0 Å². The predicted octanol–water partition coefficient (Wildman–Crippen LogP) is 1.83. The van der Waals surface area contributed by atoms with E-state index in [0.29, 0.717) is 19.3 Å². The first-order chi connectivity index (χ1) is 8.20. The lowest BCUT2D eigenvalue weighted by molar-refractivity contribution is 0.00273. The maximum atomic E-state index is 5.67. The number of ether oxygens (including phenoxy) is 3. The van der Waals surface area contributed by atoms with Gasteiger partial charge in [0.05, 0.1) is 19.3 Å².